The van der Waals surface area contributed by atoms with E-state index in [2.05, 4.69) is 16.3 Å². The molecular formula is C16H21N3O2. The Bertz CT molecular complexity index is 516. The Morgan fingerprint density at radius 2 is 2.14 bits per heavy atom. The molecule has 112 valence electrons. The minimum absolute atomic E-state index is 0.0668. The van der Waals surface area contributed by atoms with Crippen LogP contribution in [0.5, 0.6) is 0 Å². The van der Waals surface area contributed by atoms with Gasteiger partial charge < -0.3 is 10.1 Å². The molecule has 0 aliphatic carbocycles. The Balaban J connectivity index is 1.82. The van der Waals surface area contributed by atoms with E-state index in [1.807, 2.05) is 6.07 Å². The lowest BCUT2D eigenvalue weighted by Crippen LogP contribution is -2.40. The number of likely N-dealkylation sites (tertiary alicyclic amines) is 1. The third-order valence-electron chi connectivity index (χ3n) is 3.80. The van der Waals surface area contributed by atoms with E-state index < -0.39 is 0 Å². The van der Waals surface area contributed by atoms with E-state index in [1.54, 1.807) is 25.3 Å². The average Bonchev–Trinajstić information content (AvgIpc) is 2.50. The number of nitriles is 1. The molecule has 5 nitrogen and oxygen atoms in total. The molecule has 1 heterocycles. The Kier molecular flexibility index (Phi) is 5.73. The zero-order valence-corrected chi connectivity index (χ0v) is 12.3. The van der Waals surface area contributed by atoms with Gasteiger partial charge in [0.1, 0.15) is 6.07 Å². The number of benzene rings is 1. The van der Waals surface area contributed by atoms with Crippen LogP contribution in [0.3, 0.4) is 0 Å². The van der Waals surface area contributed by atoms with Gasteiger partial charge in [0.15, 0.2) is 0 Å². The second-order valence-corrected chi connectivity index (χ2v) is 5.38. The first-order chi connectivity index (χ1) is 10.2. The monoisotopic (exact) mass is 287 g/mol. The molecule has 0 spiro atoms. The molecule has 1 N–H and O–H groups in total. The van der Waals surface area contributed by atoms with Crippen molar-refractivity contribution in [2.24, 2.45) is 5.92 Å². The number of para-hydroxylation sites is 1. The summed E-state index contributed by atoms with van der Waals surface area (Å²) in [6.45, 7) is 3.01. The summed E-state index contributed by atoms with van der Waals surface area (Å²) in [7, 11) is 1.73. The number of amides is 1. The van der Waals surface area contributed by atoms with Crippen molar-refractivity contribution in [1.29, 1.82) is 5.26 Å². The van der Waals surface area contributed by atoms with Gasteiger partial charge in [0, 0.05) is 13.7 Å². The first-order valence-electron chi connectivity index (χ1n) is 7.23. The Morgan fingerprint density at radius 1 is 1.43 bits per heavy atom. The third-order valence-corrected chi connectivity index (χ3v) is 3.80. The topological polar surface area (TPSA) is 65.4 Å². The van der Waals surface area contributed by atoms with Crippen LogP contribution in [0, 0.1) is 17.2 Å². The highest BCUT2D eigenvalue weighted by Gasteiger charge is 2.20. The van der Waals surface area contributed by atoms with E-state index >= 15 is 0 Å². The Labute approximate surface area is 125 Å². The van der Waals surface area contributed by atoms with E-state index in [9.17, 15) is 4.79 Å². The molecule has 0 aromatic heterocycles. The number of nitrogens with one attached hydrogen (secondary N) is 1. The predicted octanol–water partition coefficient (Wildman–Crippen LogP) is 1.86. The molecular weight excluding hydrogens is 266 g/mol. The summed E-state index contributed by atoms with van der Waals surface area (Å²) in [5.41, 5.74) is 1.07. The zero-order valence-electron chi connectivity index (χ0n) is 12.3. The molecule has 0 bridgehead atoms. The number of hydrogen-bond donors (Lipinski definition) is 1. The number of hydrogen-bond acceptors (Lipinski definition) is 4. The lowest BCUT2D eigenvalue weighted by Gasteiger charge is -2.31. The van der Waals surface area contributed by atoms with E-state index in [1.165, 1.54) is 0 Å². The van der Waals surface area contributed by atoms with Gasteiger partial charge in [-0.2, -0.15) is 5.26 Å². The first-order valence-corrected chi connectivity index (χ1v) is 7.23. The number of piperidine rings is 1. The molecule has 1 fully saturated rings. The van der Waals surface area contributed by atoms with Gasteiger partial charge in [0.25, 0.3) is 0 Å². The van der Waals surface area contributed by atoms with Crippen molar-refractivity contribution in [2.75, 3.05) is 38.7 Å². The number of rotatable bonds is 5. The van der Waals surface area contributed by atoms with Gasteiger partial charge in [-0.3, -0.25) is 9.69 Å². The summed E-state index contributed by atoms with van der Waals surface area (Å²) < 4.78 is 5.17. The molecule has 1 aliphatic rings. The molecule has 0 atom stereocenters. The van der Waals surface area contributed by atoms with Gasteiger partial charge >= 0.3 is 0 Å². The van der Waals surface area contributed by atoms with E-state index in [4.69, 9.17) is 10.00 Å². The van der Waals surface area contributed by atoms with Crippen molar-refractivity contribution in [3.8, 4) is 6.07 Å². The predicted molar refractivity (Wildman–Crippen MR) is 80.8 cm³/mol. The maximum atomic E-state index is 12.1. The molecule has 1 aromatic rings. The highest BCUT2D eigenvalue weighted by molar-refractivity contribution is 5.93. The summed E-state index contributed by atoms with van der Waals surface area (Å²) in [6.07, 6.45) is 2.13. The summed E-state index contributed by atoms with van der Waals surface area (Å²) in [4.78, 5) is 14.2. The number of ether oxygens (including phenoxy) is 1. The fourth-order valence-electron chi connectivity index (χ4n) is 2.63. The van der Waals surface area contributed by atoms with Crippen molar-refractivity contribution < 1.29 is 9.53 Å². The summed E-state index contributed by atoms with van der Waals surface area (Å²) in [5, 5.41) is 11.8. The largest absolute Gasteiger partial charge is 0.384 e. The number of anilines is 1. The quantitative estimate of drug-likeness (QED) is 0.897. The van der Waals surface area contributed by atoms with Crippen LogP contribution in [0.25, 0.3) is 0 Å². The Hall–Kier alpha value is -1.90. The van der Waals surface area contributed by atoms with Gasteiger partial charge in [-0.15, -0.1) is 0 Å². The van der Waals surface area contributed by atoms with Crippen molar-refractivity contribution >= 4 is 11.6 Å². The fraction of sp³-hybridized carbons (Fsp3) is 0.500. The maximum absolute atomic E-state index is 12.1. The van der Waals surface area contributed by atoms with E-state index in [-0.39, 0.29) is 5.91 Å². The van der Waals surface area contributed by atoms with Crippen LogP contribution in [-0.2, 0) is 9.53 Å². The zero-order chi connectivity index (χ0) is 15.1. The van der Waals surface area contributed by atoms with Gasteiger partial charge in [-0.1, -0.05) is 12.1 Å². The second-order valence-electron chi connectivity index (χ2n) is 5.38. The lowest BCUT2D eigenvalue weighted by atomic mass is 9.98. The average molecular weight is 287 g/mol. The number of nitrogens with zero attached hydrogens (tertiary/aromatic N) is 2. The minimum Gasteiger partial charge on any atom is -0.384 e. The van der Waals surface area contributed by atoms with Crippen LogP contribution >= 0.6 is 0 Å². The molecule has 5 heteroatoms. The SMILES string of the molecule is COCC1CCN(CC(=O)Nc2ccccc2C#N)CC1. The van der Waals surface area contributed by atoms with Gasteiger partial charge in [0.2, 0.25) is 5.91 Å². The smallest absolute Gasteiger partial charge is 0.238 e. The van der Waals surface area contributed by atoms with Gasteiger partial charge in [-0.05, 0) is 44.0 Å². The fourth-order valence-corrected chi connectivity index (χ4v) is 2.63. The van der Waals surface area contributed by atoms with Crippen LogP contribution in [-0.4, -0.2) is 44.2 Å². The third kappa shape index (κ3) is 4.55. The van der Waals surface area contributed by atoms with Crippen LogP contribution in [0.2, 0.25) is 0 Å². The first kappa shape index (κ1) is 15.5. The van der Waals surface area contributed by atoms with Crippen molar-refractivity contribution in [2.45, 2.75) is 12.8 Å². The van der Waals surface area contributed by atoms with Gasteiger partial charge in [0.05, 0.1) is 17.8 Å². The standard InChI is InChI=1S/C16H21N3O2/c1-21-12-13-6-8-19(9-7-13)11-16(20)18-15-5-3-2-4-14(15)10-17/h2-5,13H,6-9,11-12H2,1H3,(H,18,20). The van der Waals surface area contributed by atoms with Crippen LogP contribution in [0.4, 0.5) is 5.69 Å². The highest BCUT2D eigenvalue weighted by atomic mass is 16.5. The molecule has 1 aliphatic heterocycles. The van der Waals surface area contributed by atoms with Crippen LogP contribution in [0.1, 0.15) is 18.4 Å². The van der Waals surface area contributed by atoms with Crippen molar-refractivity contribution in [3.63, 3.8) is 0 Å². The van der Waals surface area contributed by atoms with E-state index in [0.29, 0.717) is 23.7 Å². The molecule has 0 radical (unpaired) electrons. The van der Waals surface area contributed by atoms with Crippen LogP contribution < -0.4 is 5.32 Å². The summed E-state index contributed by atoms with van der Waals surface area (Å²) in [6, 6.07) is 9.13. The molecule has 0 unspecified atom stereocenters. The van der Waals surface area contributed by atoms with Crippen LogP contribution in [0.15, 0.2) is 24.3 Å². The second kappa shape index (κ2) is 7.77. The highest BCUT2D eigenvalue weighted by Crippen LogP contribution is 2.18. The molecule has 1 aromatic carbocycles. The number of carbonyl (C=O) groups is 1. The lowest BCUT2D eigenvalue weighted by molar-refractivity contribution is -0.117. The number of methoxy groups -OCH3 is 1. The maximum Gasteiger partial charge on any atom is 0.238 e. The normalized spacial score (nSPS) is 16.4. The number of carbonyl (C=O) groups excluding carboxylic acids is 1. The molecule has 2 rings (SSSR count). The summed E-state index contributed by atoms with van der Waals surface area (Å²) >= 11 is 0. The molecule has 0 saturated carbocycles. The molecule has 21 heavy (non-hydrogen) atoms. The molecule has 1 saturated heterocycles. The summed E-state index contributed by atoms with van der Waals surface area (Å²) in [5.74, 6) is 0.538. The van der Waals surface area contributed by atoms with E-state index in [0.717, 1.165) is 32.5 Å². The Morgan fingerprint density at radius 3 is 2.81 bits per heavy atom. The minimum atomic E-state index is -0.0668. The van der Waals surface area contributed by atoms with Crippen molar-refractivity contribution in [1.82, 2.24) is 4.90 Å². The van der Waals surface area contributed by atoms with Gasteiger partial charge in [-0.25, -0.2) is 0 Å². The molecule has 1 amide bonds. The van der Waals surface area contributed by atoms with Crippen molar-refractivity contribution in [3.05, 3.63) is 29.8 Å².